The Balaban J connectivity index is 1.30. The second-order valence-electron chi connectivity index (χ2n) is 7.11. The number of hydrogen-bond donors (Lipinski definition) is 2. The molecule has 1 aromatic heterocycles. The third-order valence-corrected chi connectivity index (χ3v) is 5.03. The highest BCUT2D eigenvalue weighted by Gasteiger charge is 2.33. The molecule has 0 aliphatic carbocycles. The molecule has 2 aliphatic rings. The van der Waals surface area contributed by atoms with Crippen molar-refractivity contribution in [2.24, 2.45) is 0 Å². The molecule has 2 aromatic rings. The molecule has 1 unspecified atom stereocenters. The van der Waals surface area contributed by atoms with Crippen molar-refractivity contribution < 1.29 is 18.9 Å². The molecule has 0 saturated carbocycles. The summed E-state index contributed by atoms with van der Waals surface area (Å²) in [5.74, 6) is 0.504. The average molecular weight is 398 g/mol. The van der Waals surface area contributed by atoms with Gasteiger partial charge in [0.1, 0.15) is 6.04 Å². The molecule has 0 spiro atoms. The molecule has 4 rings (SSSR count). The normalized spacial score (nSPS) is 20.3. The quantitative estimate of drug-likeness (QED) is 0.698. The van der Waals surface area contributed by atoms with Crippen LogP contribution in [0.1, 0.15) is 18.7 Å². The lowest BCUT2D eigenvalue weighted by Crippen LogP contribution is -2.40. The van der Waals surface area contributed by atoms with Crippen molar-refractivity contribution in [3.63, 3.8) is 0 Å². The summed E-state index contributed by atoms with van der Waals surface area (Å²) in [4.78, 5) is 43.7. The number of nitrogens with zero attached hydrogens (tertiary/aromatic N) is 4. The molecule has 1 aromatic carbocycles. The number of rotatable bonds is 5. The van der Waals surface area contributed by atoms with Crippen LogP contribution < -0.4 is 10.6 Å². The monoisotopic (exact) mass is 398 g/mol. The minimum Gasteiger partial charge on any atom is -0.341 e. The summed E-state index contributed by atoms with van der Waals surface area (Å²) in [6.45, 7) is 3.17. The van der Waals surface area contributed by atoms with Gasteiger partial charge in [-0.15, -0.1) is 0 Å². The smallest absolute Gasteiger partial charge is 0.322 e. The van der Waals surface area contributed by atoms with E-state index in [1.54, 1.807) is 4.90 Å². The lowest BCUT2D eigenvalue weighted by molar-refractivity contribution is -0.133. The lowest BCUT2D eigenvalue weighted by Gasteiger charge is -2.22. The van der Waals surface area contributed by atoms with Crippen LogP contribution in [0.5, 0.6) is 0 Å². The zero-order chi connectivity index (χ0) is 20.2. The third-order valence-electron chi connectivity index (χ3n) is 5.03. The summed E-state index contributed by atoms with van der Waals surface area (Å²) < 4.78 is 5.35. The summed E-state index contributed by atoms with van der Waals surface area (Å²) in [5.41, 5.74) is 0.877. The number of nitrogens with one attached hydrogen (secondary N) is 2. The Morgan fingerprint density at radius 3 is 2.72 bits per heavy atom. The Labute approximate surface area is 167 Å². The fourth-order valence-corrected chi connectivity index (χ4v) is 3.50. The maximum atomic E-state index is 12.5. The van der Waals surface area contributed by atoms with Crippen molar-refractivity contribution in [2.45, 2.75) is 25.4 Å². The number of carbonyl (C=O) groups excluding carboxylic acids is 3. The first-order valence-corrected chi connectivity index (χ1v) is 9.58. The van der Waals surface area contributed by atoms with Gasteiger partial charge in [0.2, 0.25) is 5.91 Å². The second-order valence-corrected chi connectivity index (χ2v) is 7.11. The molecule has 3 heterocycles. The predicted octanol–water partition coefficient (Wildman–Crippen LogP) is 0.369. The lowest BCUT2D eigenvalue weighted by atomic mass is 10.2. The van der Waals surface area contributed by atoms with Crippen molar-refractivity contribution in [1.82, 2.24) is 30.6 Å². The van der Waals surface area contributed by atoms with Gasteiger partial charge in [0, 0.05) is 31.7 Å². The maximum Gasteiger partial charge on any atom is 0.322 e. The van der Waals surface area contributed by atoms with Crippen LogP contribution in [0, 0.1) is 0 Å². The topological polar surface area (TPSA) is 121 Å². The Hall–Kier alpha value is -3.27. The van der Waals surface area contributed by atoms with E-state index in [2.05, 4.69) is 25.7 Å². The number of amides is 4. The molecule has 2 N–H and O–H groups in total. The average Bonchev–Trinajstić information content (AvgIpc) is 3.21. The van der Waals surface area contributed by atoms with Crippen LogP contribution in [0.4, 0.5) is 4.79 Å². The fraction of sp³-hybridized carbons (Fsp3) is 0.421. The molecule has 4 amide bonds. The van der Waals surface area contributed by atoms with E-state index in [1.807, 2.05) is 30.3 Å². The summed E-state index contributed by atoms with van der Waals surface area (Å²) >= 11 is 0. The Morgan fingerprint density at radius 1 is 1.14 bits per heavy atom. The van der Waals surface area contributed by atoms with Crippen molar-refractivity contribution >= 4 is 17.8 Å². The largest absolute Gasteiger partial charge is 0.341 e. The predicted molar refractivity (Wildman–Crippen MR) is 101 cm³/mol. The van der Waals surface area contributed by atoms with E-state index >= 15 is 0 Å². The van der Waals surface area contributed by atoms with Crippen molar-refractivity contribution in [1.29, 1.82) is 0 Å². The standard InChI is InChI=1S/C19H22N6O4/c26-16(11-14-17(27)22-19(28)20-14)25-8-4-7-24(9-10-25)12-15-21-18(29-23-15)13-5-2-1-3-6-13/h1-3,5-6,14H,4,7-12H2,(H2,20,22,27,28). The zero-order valence-electron chi connectivity index (χ0n) is 15.8. The van der Waals surface area contributed by atoms with Gasteiger partial charge in [-0.1, -0.05) is 23.4 Å². The number of hydrogen-bond acceptors (Lipinski definition) is 7. The van der Waals surface area contributed by atoms with Gasteiger partial charge in [0.25, 0.3) is 11.8 Å². The van der Waals surface area contributed by atoms with Crippen molar-refractivity contribution in [2.75, 3.05) is 26.2 Å². The summed E-state index contributed by atoms with van der Waals surface area (Å²) in [5, 5.41) is 8.67. The molecule has 2 aliphatic heterocycles. The highest BCUT2D eigenvalue weighted by atomic mass is 16.5. The molecular weight excluding hydrogens is 376 g/mol. The minimum atomic E-state index is -0.787. The number of urea groups is 1. The Kier molecular flexibility index (Phi) is 5.52. The van der Waals surface area contributed by atoms with E-state index in [0.29, 0.717) is 37.9 Å². The number of benzene rings is 1. The maximum absolute atomic E-state index is 12.5. The van der Waals surface area contributed by atoms with Gasteiger partial charge >= 0.3 is 6.03 Å². The van der Waals surface area contributed by atoms with Gasteiger partial charge in [-0.2, -0.15) is 4.98 Å². The van der Waals surface area contributed by atoms with E-state index < -0.39 is 18.0 Å². The number of imide groups is 1. The molecule has 0 bridgehead atoms. The Morgan fingerprint density at radius 2 is 1.97 bits per heavy atom. The van der Waals surface area contributed by atoms with Gasteiger partial charge < -0.3 is 14.7 Å². The van der Waals surface area contributed by atoms with Gasteiger partial charge in [-0.05, 0) is 18.6 Å². The van der Waals surface area contributed by atoms with Crippen LogP contribution in [-0.4, -0.2) is 70.0 Å². The summed E-state index contributed by atoms with van der Waals surface area (Å²) in [6, 6.07) is 8.26. The first-order chi connectivity index (χ1) is 14.1. The van der Waals surface area contributed by atoms with Crippen LogP contribution in [0.15, 0.2) is 34.9 Å². The molecule has 10 heteroatoms. The van der Waals surface area contributed by atoms with Crippen molar-refractivity contribution in [3.8, 4) is 11.5 Å². The molecule has 152 valence electrons. The second kappa shape index (κ2) is 8.39. The fourth-order valence-electron chi connectivity index (χ4n) is 3.50. The van der Waals surface area contributed by atoms with Crippen LogP contribution >= 0.6 is 0 Å². The van der Waals surface area contributed by atoms with Crippen LogP contribution in [0.2, 0.25) is 0 Å². The molecule has 10 nitrogen and oxygen atoms in total. The van der Waals surface area contributed by atoms with Gasteiger partial charge in [-0.3, -0.25) is 19.8 Å². The highest BCUT2D eigenvalue weighted by Crippen LogP contribution is 2.17. The highest BCUT2D eigenvalue weighted by molar-refractivity contribution is 6.05. The molecule has 1 atom stereocenters. The molecule has 0 radical (unpaired) electrons. The van der Waals surface area contributed by atoms with E-state index in [1.165, 1.54) is 0 Å². The Bertz CT molecular complexity index is 899. The number of carbonyl (C=O) groups is 3. The molecule has 29 heavy (non-hydrogen) atoms. The third kappa shape index (κ3) is 4.60. The zero-order valence-corrected chi connectivity index (χ0v) is 15.8. The van der Waals surface area contributed by atoms with Gasteiger partial charge in [-0.25, -0.2) is 4.79 Å². The van der Waals surface area contributed by atoms with Crippen molar-refractivity contribution in [3.05, 3.63) is 36.2 Å². The van der Waals surface area contributed by atoms with E-state index in [9.17, 15) is 14.4 Å². The molecular formula is C19H22N6O4. The van der Waals surface area contributed by atoms with Gasteiger partial charge in [0.05, 0.1) is 13.0 Å². The summed E-state index contributed by atoms with van der Waals surface area (Å²) in [7, 11) is 0. The number of aromatic nitrogens is 2. The first kappa shape index (κ1) is 19.1. The summed E-state index contributed by atoms with van der Waals surface area (Å²) in [6.07, 6.45) is 0.779. The van der Waals surface area contributed by atoms with Crippen LogP contribution in [-0.2, 0) is 16.1 Å². The van der Waals surface area contributed by atoms with Crippen LogP contribution in [0.3, 0.4) is 0 Å². The molecule has 2 saturated heterocycles. The minimum absolute atomic E-state index is 0.0249. The van der Waals surface area contributed by atoms with E-state index in [-0.39, 0.29) is 12.3 Å². The molecule has 2 fully saturated rings. The van der Waals surface area contributed by atoms with E-state index in [4.69, 9.17) is 4.52 Å². The van der Waals surface area contributed by atoms with E-state index in [0.717, 1.165) is 18.5 Å². The van der Waals surface area contributed by atoms with Crippen LogP contribution in [0.25, 0.3) is 11.5 Å². The SMILES string of the molecule is O=C1NC(=O)C(CC(=O)N2CCCN(Cc3noc(-c4ccccc4)n3)CC2)N1. The first-order valence-electron chi connectivity index (χ1n) is 9.58. The van der Waals surface area contributed by atoms with Gasteiger partial charge in [0.15, 0.2) is 5.82 Å².